The smallest absolute Gasteiger partial charge is 0.416 e. The highest BCUT2D eigenvalue weighted by Crippen LogP contribution is 2.31. The van der Waals surface area contributed by atoms with Gasteiger partial charge in [-0.05, 0) is 53.8 Å². The zero-order valence-corrected chi connectivity index (χ0v) is 23.9. The van der Waals surface area contributed by atoms with Crippen molar-refractivity contribution in [2.45, 2.75) is 24.0 Å². The van der Waals surface area contributed by atoms with Crippen LogP contribution in [-0.4, -0.2) is 71.1 Å². The zero-order valence-electron chi connectivity index (χ0n) is 22.3. The zero-order chi connectivity index (χ0) is 29.3. The lowest BCUT2D eigenvalue weighted by Crippen LogP contribution is -2.44. The number of alkyl halides is 3. The van der Waals surface area contributed by atoms with E-state index in [0.717, 1.165) is 32.9 Å². The monoisotopic (exact) mass is 600 g/mol. The highest BCUT2D eigenvalue weighted by molar-refractivity contribution is 7.89. The maximum absolute atomic E-state index is 13.6. The Bertz CT molecular complexity index is 1360. The molecule has 0 N–H and O–H groups in total. The molecule has 0 aliphatic heterocycles. The number of halogens is 3. The Kier molecular flexibility index (Phi) is 11.0. The van der Waals surface area contributed by atoms with Crippen LogP contribution in [0.25, 0.3) is 0 Å². The summed E-state index contributed by atoms with van der Waals surface area (Å²) in [6.07, 6.45) is -4.28. The summed E-state index contributed by atoms with van der Waals surface area (Å²) in [5.41, 5.74) is -0.227. The third kappa shape index (κ3) is 8.19. The van der Waals surface area contributed by atoms with Crippen molar-refractivity contribution in [1.82, 2.24) is 9.21 Å². The van der Waals surface area contributed by atoms with E-state index in [0.29, 0.717) is 24.0 Å². The molecule has 0 bridgehead atoms. The molecule has 0 aliphatic rings. The number of ether oxygens (including phenoxy) is 3. The molecule has 8 nitrogen and oxygen atoms in total. The maximum atomic E-state index is 13.6. The summed E-state index contributed by atoms with van der Waals surface area (Å²) in [4.78, 5) is 15.4. The molecule has 1 heterocycles. The second-order valence-electron chi connectivity index (χ2n) is 8.69. The van der Waals surface area contributed by atoms with Crippen LogP contribution in [0.1, 0.15) is 16.0 Å². The van der Waals surface area contributed by atoms with E-state index < -0.39 is 39.1 Å². The van der Waals surface area contributed by atoms with Gasteiger partial charge in [-0.15, -0.1) is 11.3 Å². The normalized spacial score (nSPS) is 12.0. The second kappa shape index (κ2) is 14.0. The highest BCUT2D eigenvalue weighted by atomic mass is 32.2. The first-order chi connectivity index (χ1) is 19.0. The van der Waals surface area contributed by atoms with Gasteiger partial charge in [-0.3, -0.25) is 4.79 Å². The summed E-state index contributed by atoms with van der Waals surface area (Å²) in [6, 6.07) is 12.6. The molecule has 3 rings (SSSR count). The van der Waals surface area contributed by atoms with Crippen LogP contribution in [-0.2, 0) is 38.7 Å². The van der Waals surface area contributed by atoms with Crippen molar-refractivity contribution in [1.29, 1.82) is 0 Å². The lowest BCUT2D eigenvalue weighted by atomic mass is 10.1. The molecular weight excluding hydrogens is 569 g/mol. The number of rotatable bonds is 14. The fraction of sp³-hybridized carbons (Fsp3) is 0.370. The van der Waals surface area contributed by atoms with Gasteiger partial charge in [-0.2, -0.15) is 17.5 Å². The number of benzene rings is 2. The molecule has 218 valence electrons. The molecule has 0 saturated carbocycles. The third-order valence-electron chi connectivity index (χ3n) is 6.05. The van der Waals surface area contributed by atoms with Gasteiger partial charge in [0.2, 0.25) is 15.9 Å². The fourth-order valence-electron chi connectivity index (χ4n) is 3.89. The first-order valence-electron chi connectivity index (χ1n) is 12.2. The van der Waals surface area contributed by atoms with Gasteiger partial charge < -0.3 is 19.1 Å². The van der Waals surface area contributed by atoms with Gasteiger partial charge in [0.1, 0.15) is 0 Å². The van der Waals surface area contributed by atoms with Crippen LogP contribution in [0.3, 0.4) is 0 Å². The summed E-state index contributed by atoms with van der Waals surface area (Å²) >= 11 is 1.45. The first kappa shape index (κ1) is 31.4. The van der Waals surface area contributed by atoms with Crippen molar-refractivity contribution < 1.29 is 40.6 Å². The Morgan fingerprint density at radius 2 is 1.70 bits per heavy atom. The minimum atomic E-state index is -4.72. The Balaban J connectivity index is 1.86. The molecule has 1 aromatic heterocycles. The van der Waals surface area contributed by atoms with E-state index in [1.165, 1.54) is 37.6 Å². The van der Waals surface area contributed by atoms with Crippen LogP contribution in [0, 0.1) is 0 Å². The van der Waals surface area contributed by atoms with Crippen LogP contribution < -0.4 is 9.47 Å². The van der Waals surface area contributed by atoms with Crippen molar-refractivity contribution in [3.05, 3.63) is 76.0 Å². The quantitative estimate of drug-likeness (QED) is 0.267. The number of carbonyl (C=O) groups is 1. The molecule has 0 fully saturated rings. The maximum Gasteiger partial charge on any atom is 0.416 e. The Morgan fingerprint density at radius 1 is 0.950 bits per heavy atom. The van der Waals surface area contributed by atoms with E-state index in [9.17, 15) is 26.4 Å². The average Bonchev–Trinajstić information content (AvgIpc) is 3.45. The van der Waals surface area contributed by atoms with E-state index in [-0.39, 0.29) is 26.2 Å². The largest absolute Gasteiger partial charge is 0.493 e. The van der Waals surface area contributed by atoms with Crippen LogP contribution in [0.2, 0.25) is 0 Å². The summed E-state index contributed by atoms with van der Waals surface area (Å²) in [6.45, 7) is -0.343. The minimum Gasteiger partial charge on any atom is -0.493 e. The first-order valence-corrected chi connectivity index (χ1v) is 14.5. The van der Waals surface area contributed by atoms with Crippen molar-refractivity contribution in [3.63, 3.8) is 0 Å². The second-order valence-corrected chi connectivity index (χ2v) is 11.7. The van der Waals surface area contributed by atoms with Gasteiger partial charge in [0.05, 0.1) is 44.4 Å². The molecule has 0 radical (unpaired) electrons. The van der Waals surface area contributed by atoms with Crippen LogP contribution >= 0.6 is 11.3 Å². The predicted octanol–water partition coefficient (Wildman–Crippen LogP) is 4.69. The van der Waals surface area contributed by atoms with E-state index in [4.69, 9.17) is 14.2 Å². The van der Waals surface area contributed by atoms with Crippen molar-refractivity contribution in [2.75, 3.05) is 47.6 Å². The SMILES string of the molecule is COCCN(CC(=O)N(CCc1ccc(OC)c(OC)c1)Cc1cccs1)S(=O)(=O)c1cccc(C(F)(F)F)c1. The Morgan fingerprint density at radius 3 is 2.33 bits per heavy atom. The van der Waals surface area contributed by atoms with E-state index in [1.807, 2.05) is 23.6 Å². The topological polar surface area (TPSA) is 85.4 Å². The average molecular weight is 601 g/mol. The van der Waals surface area contributed by atoms with Gasteiger partial charge in [-0.25, -0.2) is 8.42 Å². The van der Waals surface area contributed by atoms with Gasteiger partial charge in [0, 0.05) is 25.1 Å². The lowest BCUT2D eigenvalue weighted by Gasteiger charge is -2.27. The van der Waals surface area contributed by atoms with Crippen LogP contribution in [0.15, 0.2) is 64.9 Å². The van der Waals surface area contributed by atoms with Crippen LogP contribution in [0.5, 0.6) is 11.5 Å². The summed E-state index contributed by atoms with van der Waals surface area (Å²) in [5.74, 6) is 0.598. The van der Waals surface area contributed by atoms with Gasteiger partial charge in [-0.1, -0.05) is 18.2 Å². The summed E-state index contributed by atoms with van der Waals surface area (Å²) in [5, 5.41) is 1.87. The standard InChI is InChI=1S/C27H31F3N2O6S2/c1-36-14-13-32(40(34,35)23-8-4-6-21(17-23)27(28,29)30)19-26(33)31(18-22-7-5-15-39-22)12-11-20-9-10-24(37-2)25(16-20)38-3/h4-10,15-17H,11-14,18-19H2,1-3H3. The van der Waals surface area contributed by atoms with Crippen molar-refractivity contribution in [2.24, 2.45) is 0 Å². The number of hydrogen-bond acceptors (Lipinski definition) is 7. The van der Waals surface area contributed by atoms with Crippen molar-refractivity contribution >= 4 is 27.3 Å². The number of methoxy groups -OCH3 is 3. The van der Waals surface area contributed by atoms with Crippen LogP contribution in [0.4, 0.5) is 13.2 Å². The molecule has 40 heavy (non-hydrogen) atoms. The molecule has 0 aliphatic carbocycles. The molecule has 13 heteroatoms. The molecule has 0 atom stereocenters. The van der Waals surface area contributed by atoms with E-state index >= 15 is 0 Å². The number of thiophene rings is 1. The Labute approximate surface area is 235 Å². The van der Waals surface area contributed by atoms with Gasteiger partial charge in [0.25, 0.3) is 0 Å². The lowest BCUT2D eigenvalue weighted by molar-refractivity contribution is -0.137. The Hall–Kier alpha value is -3.13. The third-order valence-corrected chi connectivity index (χ3v) is 8.76. The minimum absolute atomic E-state index is 0.0535. The number of nitrogens with zero attached hydrogens (tertiary/aromatic N) is 2. The molecule has 0 spiro atoms. The molecule has 0 saturated heterocycles. The molecule has 0 unspecified atom stereocenters. The number of hydrogen-bond donors (Lipinski definition) is 0. The molecular formula is C27H31F3N2O6S2. The molecule has 3 aromatic rings. The van der Waals surface area contributed by atoms with Gasteiger partial charge in [0.15, 0.2) is 11.5 Å². The molecule has 2 aromatic carbocycles. The molecule has 1 amide bonds. The van der Waals surface area contributed by atoms with E-state index in [2.05, 4.69) is 0 Å². The summed E-state index contributed by atoms with van der Waals surface area (Å²) in [7, 11) is -0.0373. The van der Waals surface area contributed by atoms with Gasteiger partial charge >= 0.3 is 6.18 Å². The summed E-state index contributed by atoms with van der Waals surface area (Å²) < 4.78 is 83.1. The number of sulfonamides is 1. The van der Waals surface area contributed by atoms with E-state index in [1.54, 1.807) is 12.1 Å². The predicted molar refractivity (Wildman–Crippen MR) is 145 cm³/mol. The fourth-order valence-corrected chi connectivity index (χ4v) is 6.03. The van der Waals surface area contributed by atoms with Crippen molar-refractivity contribution in [3.8, 4) is 11.5 Å². The number of carbonyl (C=O) groups excluding carboxylic acids is 1. The number of amides is 1. The highest BCUT2D eigenvalue weighted by Gasteiger charge is 2.34.